The van der Waals surface area contributed by atoms with E-state index in [1.165, 1.54) is 28.0 Å². The normalized spacial score (nSPS) is 15.1. The lowest BCUT2D eigenvalue weighted by Crippen LogP contribution is -2.39. The van der Waals surface area contributed by atoms with Crippen molar-refractivity contribution >= 4 is 29.1 Å². The number of benzene rings is 2. The zero-order valence-corrected chi connectivity index (χ0v) is 22.1. The lowest BCUT2D eigenvalue weighted by atomic mass is 10.0. The number of hydrogen-bond acceptors (Lipinski definition) is 9. The van der Waals surface area contributed by atoms with Gasteiger partial charge in [-0.05, 0) is 38.1 Å². The summed E-state index contributed by atoms with van der Waals surface area (Å²) in [5.41, 5.74) is 1.33. The third-order valence-electron chi connectivity index (χ3n) is 6.18. The number of fused-ring (bicyclic) bond motifs is 1. The highest BCUT2D eigenvalue weighted by atomic mass is 32.1. The van der Waals surface area contributed by atoms with E-state index in [1.807, 2.05) is 18.2 Å². The van der Waals surface area contributed by atoms with Crippen LogP contribution in [-0.2, 0) is 9.53 Å². The molecule has 0 N–H and O–H groups in total. The predicted molar refractivity (Wildman–Crippen MR) is 144 cm³/mol. The number of carbonyl (C=O) groups excluding carboxylic acids is 1. The summed E-state index contributed by atoms with van der Waals surface area (Å²) in [6, 6.07) is 15.7. The molecule has 0 saturated carbocycles. The Hall–Kier alpha value is -4.77. The van der Waals surface area contributed by atoms with Crippen LogP contribution in [0.1, 0.15) is 31.2 Å². The maximum Gasteiger partial charge on any atom is 0.338 e. The molecule has 1 aliphatic rings. The smallest absolute Gasteiger partial charge is 0.338 e. The van der Waals surface area contributed by atoms with Crippen molar-refractivity contribution in [1.82, 2.24) is 4.57 Å². The quantitative estimate of drug-likeness (QED) is 0.195. The van der Waals surface area contributed by atoms with E-state index in [-0.39, 0.29) is 23.4 Å². The van der Waals surface area contributed by atoms with Gasteiger partial charge in [-0.3, -0.25) is 19.5 Å². The number of rotatable bonds is 7. The highest BCUT2D eigenvalue weighted by molar-refractivity contribution is 7.07. The van der Waals surface area contributed by atoms with Crippen LogP contribution in [0.25, 0.3) is 17.4 Å². The number of aromatic nitrogens is 1. The first-order valence-electron chi connectivity index (χ1n) is 12.0. The molecule has 1 aliphatic heterocycles. The second-order valence-electron chi connectivity index (χ2n) is 8.55. The third-order valence-corrected chi connectivity index (χ3v) is 7.16. The standard InChI is InChI=1S/C28H23N3O7S/c1-4-37-27(33)24-16(2)29-28-30(26(32)23(39-28)15-18-8-5-6-11-20(18)36-3)25(24)22-13-12-21(38-22)17-9-7-10-19(14-17)31(34)35/h5-15,25H,4H2,1-3H3/b23-15-/t25-/m1/s1. The maximum atomic E-state index is 13.8. The van der Waals surface area contributed by atoms with E-state index in [1.54, 1.807) is 57.4 Å². The Morgan fingerprint density at radius 3 is 2.74 bits per heavy atom. The molecule has 0 aliphatic carbocycles. The van der Waals surface area contributed by atoms with Gasteiger partial charge in [-0.25, -0.2) is 9.79 Å². The molecule has 11 heteroatoms. The van der Waals surface area contributed by atoms with Crippen LogP contribution in [-0.4, -0.2) is 29.2 Å². The summed E-state index contributed by atoms with van der Waals surface area (Å²) < 4.78 is 18.7. The van der Waals surface area contributed by atoms with Crippen molar-refractivity contribution in [1.29, 1.82) is 0 Å². The topological polar surface area (TPSA) is 126 Å². The largest absolute Gasteiger partial charge is 0.496 e. The van der Waals surface area contributed by atoms with E-state index in [0.717, 1.165) is 0 Å². The van der Waals surface area contributed by atoms with Gasteiger partial charge in [-0.1, -0.05) is 41.7 Å². The van der Waals surface area contributed by atoms with E-state index in [2.05, 4.69) is 4.99 Å². The molecular formula is C28H23N3O7S. The minimum atomic E-state index is -0.951. The van der Waals surface area contributed by atoms with E-state index >= 15 is 0 Å². The van der Waals surface area contributed by atoms with Crippen LogP contribution in [0.5, 0.6) is 5.75 Å². The van der Waals surface area contributed by atoms with Gasteiger partial charge >= 0.3 is 5.97 Å². The van der Waals surface area contributed by atoms with Gasteiger partial charge in [0.25, 0.3) is 11.2 Å². The van der Waals surface area contributed by atoms with Crippen molar-refractivity contribution in [3.05, 3.63) is 113 Å². The summed E-state index contributed by atoms with van der Waals surface area (Å²) in [6.07, 6.45) is 1.72. The highest BCUT2D eigenvalue weighted by Gasteiger charge is 2.35. The fraction of sp³-hybridized carbons (Fsp3) is 0.179. The van der Waals surface area contributed by atoms with Crippen molar-refractivity contribution in [2.45, 2.75) is 19.9 Å². The molecule has 0 radical (unpaired) electrons. The van der Waals surface area contributed by atoms with Gasteiger partial charge in [-0.15, -0.1) is 0 Å². The summed E-state index contributed by atoms with van der Waals surface area (Å²) in [4.78, 5) is 42.6. The number of para-hydroxylation sites is 1. The first-order valence-corrected chi connectivity index (χ1v) is 12.8. The van der Waals surface area contributed by atoms with Crippen LogP contribution >= 0.6 is 11.3 Å². The molecule has 5 rings (SSSR count). The Morgan fingerprint density at radius 2 is 2.00 bits per heavy atom. The van der Waals surface area contributed by atoms with E-state index in [0.29, 0.717) is 43.4 Å². The summed E-state index contributed by atoms with van der Waals surface area (Å²) in [5, 5.41) is 11.3. The highest BCUT2D eigenvalue weighted by Crippen LogP contribution is 2.35. The Balaban J connectivity index is 1.69. The predicted octanol–water partition coefficient (Wildman–Crippen LogP) is 3.98. The van der Waals surface area contributed by atoms with Crippen LogP contribution in [0.15, 0.2) is 86.1 Å². The summed E-state index contributed by atoms with van der Waals surface area (Å²) in [5.74, 6) is 0.633. The summed E-state index contributed by atoms with van der Waals surface area (Å²) in [6.45, 7) is 3.51. The number of carbonyl (C=O) groups is 1. The molecule has 0 unspecified atom stereocenters. The SMILES string of the molecule is CCOC(=O)C1=C(C)N=c2s/c(=C\c3ccccc3OC)c(=O)n2[C@@H]1c1ccc(-c2cccc([N+](=O)[O-])c2)o1. The number of hydrogen-bond donors (Lipinski definition) is 0. The average Bonchev–Trinajstić information content (AvgIpc) is 3.53. The fourth-order valence-corrected chi connectivity index (χ4v) is 5.45. The van der Waals surface area contributed by atoms with Crippen molar-refractivity contribution in [3.8, 4) is 17.1 Å². The zero-order valence-electron chi connectivity index (χ0n) is 21.2. The Labute approximate surface area is 225 Å². The molecule has 0 saturated heterocycles. The van der Waals surface area contributed by atoms with Gasteiger partial charge in [0.05, 0.1) is 34.4 Å². The van der Waals surface area contributed by atoms with Crippen LogP contribution in [0.4, 0.5) is 5.69 Å². The molecule has 1 atom stereocenters. The molecule has 4 aromatic rings. The van der Waals surface area contributed by atoms with Crippen LogP contribution in [0.3, 0.4) is 0 Å². The van der Waals surface area contributed by atoms with Crippen molar-refractivity contribution in [3.63, 3.8) is 0 Å². The molecule has 2 aromatic heterocycles. The molecule has 0 bridgehead atoms. The number of non-ortho nitro benzene ring substituents is 1. The number of esters is 1. The second-order valence-corrected chi connectivity index (χ2v) is 9.56. The first kappa shape index (κ1) is 25.9. The minimum Gasteiger partial charge on any atom is -0.496 e. The molecule has 198 valence electrons. The number of nitro groups is 1. The maximum absolute atomic E-state index is 13.8. The van der Waals surface area contributed by atoms with Gasteiger partial charge < -0.3 is 13.9 Å². The van der Waals surface area contributed by atoms with Crippen LogP contribution < -0.4 is 19.6 Å². The van der Waals surface area contributed by atoms with Gasteiger partial charge in [0, 0.05) is 23.3 Å². The fourth-order valence-electron chi connectivity index (χ4n) is 4.42. The molecule has 2 aromatic carbocycles. The molecule has 0 amide bonds. The molecule has 10 nitrogen and oxygen atoms in total. The minimum absolute atomic E-state index is 0.0854. The molecular weight excluding hydrogens is 522 g/mol. The molecule has 0 spiro atoms. The van der Waals surface area contributed by atoms with Crippen molar-refractivity contribution < 1.29 is 23.6 Å². The number of methoxy groups -OCH3 is 1. The summed E-state index contributed by atoms with van der Waals surface area (Å²) in [7, 11) is 1.55. The summed E-state index contributed by atoms with van der Waals surface area (Å²) >= 11 is 1.18. The van der Waals surface area contributed by atoms with E-state index < -0.39 is 16.9 Å². The third kappa shape index (κ3) is 4.79. The number of furan rings is 1. The second kappa shape index (κ2) is 10.5. The Morgan fingerprint density at radius 1 is 1.21 bits per heavy atom. The van der Waals surface area contributed by atoms with Crippen LogP contribution in [0, 0.1) is 10.1 Å². The number of thiazole rings is 1. The first-order chi connectivity index (χ1) is 18.8. The average molecular weight is 546 g/mol. The zero-order chi connectivity index (χ0) is 27.7. The van der Waals surface area contributed by atoms with E-state index in [4.69, 9.17) is 13.9 Å². The number of nitro benzene ring substituents is 1. The molecule has 39 heavy (non-hydrogen) atoms. The van der Waals surface area contributed by atoms with E-state index in [9.17, 15) is 19.7 Å². The molecule has 3 heterocycles. The number of ether oxygens (including phenoxy) is 2. The van der Waals surface area contributed by atoms with Crippen molar-refractivity contribution in [2.75, 3.05) is 13.7 Å². The van der Waals surface area contributed by atoms with Crippen molar-refractivity contribution in [2.24, 2.45) is 4.99 Å². The van der Waals surface area contributed by atoms with Gasteiger partial charge in [0.1, 0.15) is 23.3 Å². The monoisotopic (exact) mass is 545 g/mol. The Bertz CT molecular complexity index is 1810. The van der Waals surface area contributed by atoms with Gasteiger partial charge in [-0.2, -0.15) is 0 Å². The lowest BCUT2D eigenvalue weighted by molar-refractivity contribution is -0.384. The van der Waals surface area contributed by atoms with Gasteiger partial charge in [0.15, 0.2) is 4.80 Å². The van der Waals surface area contributed by atoms with Crippen LogP contribution in [0.2, 0.25) is 0 Å². The molecule has 0 fully saturated rings. The number of nitrogens with zero attached hydrogens (tertiary/aromatic N) is 3. The van der Waals surface area contributed by atoms with Gasteiger partial charge in [0.2, 0.25) is 0 Å². The number of allylic oxidation sites excluding steroid dienone is 1. The lowest BCUT2D eigenvalue weighted by Gasteiger charge is -2.22. The Kier molecular flexibility index (Phi) is 6.99.